The van der Waals surface area contributed by atoms with E-state index in [-0.39, 0.29) is 16.5 Å². The number of pyridine rings is 1. The Kier molecular flexibility index (Phi) is 6.61. The first kappa shape index (κ1) is 19.8. The van der Waals surface area contributed by atoms with Crippen molar-refractivity contribution in [2.45, 2.75) is 18.2 Å². The molecule has 1 heterocycles. The molecule has 1 N–H and O–H groups in total. The van der Waals surface area contributed by atoms with Crippen molar-refractivity contribution < 1.29 is 23.1 Å². The first-order valence-corrected chi connectivity index (χ1v) is 9.70. The third-order valence-electron chi connectivity index (χ3n) is 3.16. The fraction of sp³-hybridized carbons (Fsp3) is 0.222. The maximum atomic E-state index is 12.2. The number of carboxylic acid groups (broad SMARTS) is 1. The summed E-state index contributed by atoms with van der Waals surface area (Å²) in [5, 5.41) is 9.02. The summed E-state index contributed by atoms with van der Waals surface area (Å²) in [7, 11) is -3.34. The van der Waals surface area contributed by atoms with Crippen LogP contribution in [0.25, 0.3) is 0 Å². The maximum absolute atomic E-state index is 12.2. The second-order valence-electron chi connectivity index (χ2n) is 5.29. The number of hydrogen-bond donors (Lipinski definition) is 1. The molecule has 26 heavy (non-hydrogen) atoms. The molecule has 0 saturated heterocycles. The number of ether oxygens (including phenoxy) is 1. The molecule has 0 bridgehead atoms. The van der Waals surface area contributed by atoms with Gasteiger partial charge in [0.1, 0.15) is 0 Å². The summed E-state index contributed by atoms with van der Waals surface area (Å²) in [6.07, 6.45) is 1.85. The summed E-state index contributed by atoms with van der Waals surface area (Å²) in [6, 6.07) is 7.81. The average molecular weight is 394 g/mol. The fourth-order valence-corrected chi connectivity index (χ4v) is 3.58. The Morgan fingerprint density at radius 2 is 2.08 bits per heavy atom. The Hall–Kier alpha value is -2.56. The highest BCUT2D eigenvalue weighted by molar-refractivity contribution is 7.91. The van der Waals surface area contributed by atoms with Crippen molar-refractivity contribution in [1.29, 1.82) is 0 Å². The Morgan fingerprint density at radius 1 is 1.31 bits per heavy atom. The number of halogens is 1. The predicted molar refractivity (Wildman–Crippen MR) is 97.1 cm³/mol. The molecule has 0 atom stereocenters. The van der Waals surface area contributed by atoms with Gasteiger partial charge in [0, 0.05) is 11.8 Å². The van der Waals surface area contributed by atoms with Gasteiger partial charge in [-0.1, -0.05) is 36.4 Å². The standard InChI is InChI=1S/C18H16ClNO5S/c1-2-8-26(23,24)16-5-3-4-13(9-16)6-7-14-10-15(19)11-20-18(14)25-12-17(21)22/h3-5,9-11H,2,8,12H2,1H3,(H,21,22). The molecule has 0 saturated carbocycles. The van der Waals surface area contributed by atoms with E-state index in [0.717, 1.165) is 0 Å². The van der Waals surface area contributed by atoms with Gasteiger partial charge in [-0.2, -0.15) is 0 Å². The van der Waals surface area contributed by atoms with E-state index in [9.17, 15) is 13.2 Å². The minimum Gasteiger partial charge on any atom is -0.479 e. The van der Waals surface area contributed by atoms with Crippen LogP contribution in [0.1, 0.15) is 24.5 Å². The molecule has 8 heteroatoms. The van der Waals surface area contributed by atoms with E-state index in [4.69, 9.17) is 21.4 Å². The van der Waals surface area contributed by atoms with Gasteiger partial charge in [-0.05, 0) is 30.7 Å². The van der Waals surface area contributed by atoms with Gasteiger partial charge >= 0.3 is 5.97 Å². The van der Waals surface area contributed by atoms with Gasteiger partial charge in [-0.3, -0.25) is 0 Å². The summed E-state index contributed by atoms with van der Waals surface area (Å²) in [6.45, 7) is 1.24. The molecule has 0 aliphatic rings. The van der Waals surface area contributed by atoms with Crippen molar-refractivity contribution in [3.8, 4) is 17.7 Å². The smallest absolute Gasteiger partial charge is 0.341 e. The number of benzene rings is 1. The Labute approximate surface area is 156 Å². The third-order valence-corrected chi connectivity index (χ3v) is 5.28. The van der Waals surface area contributed by atoms with Crippen molar-refractivity contribution in [1.82, 2.24) is 4.98 Å². The van der Waals surface area contributed by atoms with Crippen LogP contribution in [0.5, 0.6) is 5.88 Å². The van der Waals surface area contributed by atoms with E-state index in [1.54, 1.807) is 19.1 Å². The van der Waals surface area contributed by atoms with E-state index >= 15 is 0 Å². The van der Waals surface area contributed by atoms with Crippen LogP contribution < -0.4 is 4.74 Å². The SMILES string of the molecule is CCCS(=O)(=O)c1cccc(C#Cc2cc(Cl)cnc2OCC(=O)O)c1. The molecule has 6 nitrogen and oxygen atoms in total. The molecule has 0 radical (unpaired) electrons. The molecule has 1 aromatic heterocycles. The highest BCUT2D eigenvalue weighted by Gasteiger charge is 2.13. The molecular formula is C18H16ClNO5S. The monoisotopic (exact) mass is 393 g/mol. The molecule has 2 aromatic rings. The minimum atomic E-state index is -3.34. The van der Waals surface area contributed by atoms with Gasteiger partial charge in [-0.15, -0.1) is 0 Å². The molecule has 136 valence electrons. The highest BCUT2D eigenvalue weighted by Crippen LogP contribution is 2.19. The van der Waals surface area contributed by atoms with Crippen LogP contribution >= 0.6 is 11.6 Å². The van der Waals surface area contributed by atoms with Gasteiger partial charge in [0.15, 0.2) is 16.4 Å². The van der Waals surface area contributed by atoms with E-state index in [2.05, 4.69) is 16.8 Å². The Balaban J connectivity index is 2.35. The summed E-state index contributed by atoms with van der Waals surface area (Å²) in [4.78, 5) is 14.8. The van der Waals surface area contributed by atoms with Crippen LogP contribution in [-0.2, 0) is 14.6 Å². The number of aliphatic carboxylic acids is 1. The maximum Gasteiger partial charge on any atom is 0.341 e. The Morgan fingerprint density at radius 3 is 2.77 bits per heavy atom. The molecule has 0 aliphatic heterocycles. The number of sulfone groups is 1. The van der Waals surface area contributed by atoms with E-state index < -0.39 is 22.4 Å². The fourth-order valence-electron chi connectivity index (χ4n) is 2.05. The van der Waals surface area contributed by atoms with Crippen molar-refractivity contribution in [3.05, 3.63) is 52.7 Å². The Bertz CT molecular complexity index is 977. The van der Waals surface area contributed by atoms with Crippen LogP contribution in [0.2, 0.25) is 5.02 Å². The topological polar surface area (TPSA) is 93.6 Å². The zero-order chi connectivity index (χ0) is 19.2. The molecule has 0 aliphatic carbocycles. The second-order valence-corrected chi connectivity index (χ2v) is 7.83. The van der Waals surface area contributed by atoms with Gasteiger partial charge in [-0.25, -0.2) is 18.2 Å². The molecule has 1 aromatic carbocycles. The van der Waals surface area contributed by atoms with Crippen molar-refractivity contribution >= 4 is 27.4 Å². The van der Waals surface area contributed by atoms with Gasteiger partial charge in [0.25, 0.3) is 0 Å². The average Bonchev–Trinajstić information content (AvgIpc) is 2.59. The van der Waals surface area contributed by atoms with Crippen molar-refractivity contribution in [3.63, 3.8) is 0 Å². The van der Waals surface area contributed by atoms with E-state index in [1.165, 1.54) is 24.4 Å². The number of hydrogen-bond acceptors (Lipinski definition) is 5. The number of nitrogens with zero attached hydrogens (tertiary/aromatic N) is 1. The number of carbonyl (C=O) groups is 1. The summed E-state index contributed by atoms with van der Waals surface area (Å²) in [5.74, 6) is 4.59. The van der Waals surface area contributed by atoms with Crippen LogP contribution in [0, 0.1) is 11.8 Å². The van der Waals surface area contributed by atoms with Crippen LogP contribution in [0.4, 0.5) is 0 Å². The first-order chi connectivity index (χ1) is 12.3. The zero-order valence-corrected chi connectivity index (χ0v) is 15.5. The van der Waals surface area contributed by atoms with E-state index in [0.29, 0.717) is 22.6 Å². The van der Waals surface area contributed by atoms with Crippen molar-refractivity contribution in [2.75, 3.05) is 12.4 Å². The second kappa shape index (κ2) is 8.70. The van der Waals surface area contributed by atoms with Crippen molar-refractivity contribution in [2.24, 2.45) is 0 Å². The lowest BCUT2D eigenvalue weighted by molar-refractivity contribution is -0.139. The lowest BCUT2D eigenvalue weighted by Crippen LogP contribution is -2.11. The van der Waals surface area contributed by atoms with Gasteiger partial charge in [0.2, 0.25) is 5.88 Å². The summed E-state index contributed by atoms with van der Waals surface area (Å²) >= 11 is 5.90. The third kappa shape index (κ3) is 5.48. The van der Waals surface area contributed by atoms with Gasteiger partial charge in [0.05, 0.1) is 21.2 Å². The predicted octanol–water partition coefficient (Wildman–Crippen LogP) is 2.78. The van der Waals surface area contributed by atoms with Crippen LogP contribution in [0.15, 0.2) is 41.4 Å². The molecule has 2 rings (SSSR count). The van der Waals surface area contributed by atoms with Crippen LogP contribution in [-0.4, -0.2) is 36.8 Å². The molecule has 0 unspecified atom stereocenters. The minimum absolute atomic E-state index is 0.0408. The first-order valence-electron chi connectivity index (χ1n) is 7.67. The van der Waals surface area contributed by atoms with Gasteiger partial charge < -0.3 is 9.84 Å². The zero-order valence-electron chi connectivity index (χ0n) is 13.9. The quantitative estimate of drug-likeness (QED) is 0.758. The normalized spacial score (nSPS) is 10.7. The lowest BCUT2D eigenvalue weighted by Gasteiger charge is -2.05. The molecule has 0 spiro atoms. The molecule has 0 fully saturated rings. The highest BCUT2D eigenvalue weighted by atomic mass is 35.5. The number of aromatic nitrogens is 1. The number of carboxylic acids is 1. The largest absolute Gasteiger partial charge is 0.479 e. The lowest BCUT2D eigenvalue weighted by atomic mass is 10.2. The van der Waals surface area contributed by atoms with E-state index in [1.807, 2.05) is 0 Å². The van der Waals surface area contributed by atoms with Crippen LogP contribution in [0.3, 0.4) is 0 Å². The summed E-state index contributed by atoms with van der Waals surface area (Å²) in [5.41, 5.74) is 0.798. The molecular weight excluding hydrogens is 378 g/mol. The summed E-state index contributed by atoms with van der Waals surface area (Å²) < 4.78 is 29.4. The molecule has 0 amide bonds. The number of rotatable bonds is 6.